The van der Waals surface area contributed by atoms with E-state index in [2.05, 4.69) is 10.1 Å². The van der Waals surface area contributed by atoms with Gasteiger partial charge in [0.1, 0.15) is 0 Å². The first kappa shape index (κ1) is 15.7. The van der Waals surface area contributed by atoms with Crippen LogP contribution in [0.25, 0.3) is 0 Å². The number of benzene rings is 1. The number of hydrogen-bond acceptors (Lipinski definition) is 3. The number of nitrogens with one attached hydrogen (secondary N) is 2. The van der Waals surface area contributed by atoms with Crippen LogP contribution in [0.4, 0.5) is 33.7 Å². The van der Waals surface area contributed by atoms with E-state index in [1.165, 1.54) is 12.1 Å². The average molecular weight is 294 g/mol. The zero-order valence-corrected chi connectivity index (χ0v) is 10.1. The molecule has 2 N–H and O–H groups in total. The van der Waals surface area contributed by atoms with Gasteiger partial charge in [0.2, 0.25) is 0 Å². The first-order chi connectivity index (χ1) is 9.27. The summed E-state index contributed by atoms with van der Waals surface area (Å²) in [6.45, 7) is 0. The van der Waals surface area contributed by atoms with Crippen molar-refractivity contribution in [2.75, 3.05) is 17.7 Å². The maximum absolute atomic E-state index is 12.7. The van der Waals surface area contributed by atoms with Gasteiger partial charge in [-0.15, -0.1) is 0 Å². The van der Waals surface area contributed by atoms with Crippen LogP contribution in [0.2, 0.25) is 0 Å². The van der Waals surface area contributed by atoms with Crippen molar-refractivity contribution in [1.82, 2.24) is 0 Å². The number of ether oxygens (including phenoxy) is 1. The largest absolute Gasteiger partial charge is 0.453 e. The van der Waals surface area contributed by atoms with E-state index in [1.54, 1.807) is 5.32 Å². The third kappa shape index (κ3) is 3.84. The molecule has 0 aromatic heterocycles. The minimum atomic E-state index is -4.77. The summed E-state index contributed by atoms with van der Waals surface area (Å²) in [5, 5.41) is 3.92. The summed E-state index contributed by atoms with van der Waals surface area (Å²) in [7, 11) is 1.15. The Kier molecular flexibility index (Phi) is 4.89. The molecule has 1 aromatic rings. The molecule has 0 bridgehead atoms. The Morgan fingerprint density at radius 1 is 1.10 bits per heavy atom. The fraction of sp³-hybridized carbons (Fsp3) is 0.273. The van der Waals surface area contributed by atoms with Gasteiger partial charge in [-0.05, 0) is 24.3 Å². The number of carbonyl (C=O) groups excluding carboxylic acids is 2. The van der Waals surface area contributed by atoms with E-state index in [4.69, 9.17) is 0 Å². The maximum Gasteiger partial charge on any atom is 0.411 e. The number of alkyl halides is 4. The molecule has 1 rings (SSSR count). The fourth-order valence-electron chi connectivity index (χ4n) is 1.12. The molecule has 0 unspecified atom stereocenters. The Hall–Kier alpha value is -2.32. The van der Waals surface area contributed by atoms with Gasteiger partial charge in [-0.2, -0.15) is 8.78 Å². The van der Waals surface area contributed by atoms with Crippen LogP contribution in [-0.4, -0.2) is 31.5 Å². The third-order valence-electron chi connectivity index (χ3n) is 2.15. The molecule has 0 spiro atoms. The van der Waals surface area contributed by atoms with Crippen molar-refractivity contribution < 1.29 is 31.9 Å². The monoisotopic (exact) mass is 294 g/mol. The minimum Gasteiger partial charge on any atom is -0.453 e. The SMILES string of the molecule is COC(=O)Nc1ccc(NC(=O)C(F)(F)C(F)F)cc1. The zero-order chi connectivity index (χ0) is 15.3. The Labute approximate surface area is 110 Å². The highest BCUT2D eigenvalue weighted by molar-refractivity contribution is 5.96. The van der Waals surface area contributed by atoms with Gasteiger partial charge < -0.3 is 10.1 Å². The van der Waals surface area contributed by atoms with Crippen molar-refractivity contribution >= 4 is 23.4 Å². The topological polar surface area (TPSA) is 67.4 Å². The van der Waals surface area contributed by atoms with E-state index in [0.29, 0.717) is 0 Å². The predicted octanol–water partition coefficient (Wildman–Crippen LogP) is 2.70. The van der Waals surface area contributed by atoms with Crippen molar-refractivity contribution in [2.24, 2.45) is 0 Å². The smallest absolute Gasteiger partial charge is 0.411 e. The normalized spacial score (nSPS) is 11.1. The average Bonchev–Trinajstić information content (AvgIpc) is 2.40. The molecule has 1 aromatic carbocycles. The molecule has 0 saturated heterocycles. The number of rotatable bonds is 4. The second kappa shape index (κ2) is 6.22. The van der Waals surface area contributed by atoms with E-state index in [9.17, 15) is 27.2 Å². The summed E-state index contributed by atoms with van der Waals surface area (Å²) in [6, 6.07) is 4.86. The molecule has 9 heteroatoms. The van der Waals surface area contributed by atoms with Gasteiger partial charge in [0, 0.05) is 11.4 Å². The lowest BCUT2D eigenvalue weighted by atomic mass is 10.2. The number of halogens is 4. The van der Waals surface area contributed by atoms with Crippen LogP contribution in [0.1, 0.15) is 0 Å². The van der Waals surface area contributed by atoms with Crippen molar-refractivity contribution in [3.05, 3.63) is 24.3 Å². The van der Waals surface area contributed by atoms with E-state index >= 15 is 0 Å². The maximum atomic E-state index is 12.7. The lowest BCUT2D eigenvalue weighted by Gasteiger charge is -2.15. The standard InChI is InChI=1S/C11H10F4N2O3/c1-20-10(19)17-7-4-2-6(3-5-7)16-9(18)11(14,15)8(12)13/h2-5,8H,1H3,(H,16,18)(H,17,19). The van der Waals surface area contributed by atoms with Gasteiger partial charge in [-0.1, -0.05) is 0 Å². The Morgan fingerprint density at radius 2 is 1.55 bits per heavy atom. The molecule has 110 valence electrons. The second-order valence-electron chi connectivity index (χ2n) is 3.57. The molecular formula is C11H10F4N2O3. The number of anilines is 2. The van der Waals surface area contributed by atoms with Crippen LogP contribution >= 0.6 is 0 Å². The van der Waals surface area contributed by atoms with Gasteiger partial charge in [-0.3, -0.25) is 10.1 Å². The van der Waals surface area contributed by atoms with E-state index in [0.717, 1.165) is 19.2 Å². The minimum absolute atomic E-state index is 0.120. The van der Waals surface area contributed by atoms with Crippen molar-refractivity contribution in [1.29, 1.82) is 0 Å². The molecule has 0 radical (unpaired) electrons. The zero-order valence-electron chi connectivity index (χ0n) is 10.1. The third-order valence-corrected chi connectivity index (χ3v) is 2.15. The molecule has 0 saturated carbocycles. The number of carbonyl (C=O) groups is 2. The summed E-state index contributed by atoms with van der Waals surface area (Å²) in [5.74, 6) is -6.88. The highest BCUT2D eigenvalue weighted by atomic mass is 19.3. The molecule has 0 atom stereocenters. The molecular weight excluding hydrogens is 284 g/mol. The number of amides is 2. The van der Waals surface area contributed by atoms with Crippen molar-refractivity contribution in [2.45, 2.75) is 12.3 Å². The Bertz CT molecular complexity index is 491. The summed E-state index contributed by atoms with van der Waals surface area (Å²) in [6.07, 6.45) is -4.84. The molecule has 0 heterocycles. The van der Waals surface area contributed by atoms with Crippen LogP contribution in [0, 0.1) is 0 Å². The predicted molar refractivity (Wildman–Crippen MR) is 62.1 cm³/mol. The van der Waals surface area contributed by atoms with E-state index in [1.807, 2.05) is 0 Å². The first-order valence-electron chi connectivity index (χ1n) is 5.20. The molecule has 5 nitrogen and oxygen atoms in total. The van der Waals surface area contributed by atoms with E-state index in [-0.39, 0.29) is 11.4 Å². The Morgan fingerprint density at radius 3 is 1.95 bits per heavy atom. The quantitative estimate of drug-likeness (QED) is 0.839. The van der Waals surface area contributed by atoms with Crippen LogP contribution in [0.3, 0.4) is 0 Å². The Balaban J connectivity index is 2.71. The highest BCUT2D eigenvalue weighted by Crippen LogP contribution is 2.25. The molecule has 0 aliphatic rings. The van der Waals surface area contributed by atoms with Crippen LogP contribution in [0.5, 0.6) is 0 Å². The highest BCUT2D eigenvalue weighted by Gasteiger charge is 2.48. The molecule has 20 heavy (non-hydrogen) atoms. The van der Waals surface area contributed by atoms with Gasteiger partial charge in [0.05, 0.1) is 7.11 Å². The summed E-state index contributed by atoms with van der Waals surface area (Å²) in [4.78, 5) is 21.8. The van der Waals surface area contributed by atoms with Crippen molar-refractivity contribution in [3.8, 4) is 0 Å². The summed E-state index contributed by atoms with van der Waals surface area (Å²) >= 11 is 0. The lowest BCUT2D eigenvalue weighted by Crippen LogP contribution is -2.40. The van der Waals surface area contributed by atoms with Gasteiger partial charge in [-0.25, -0.2) is 13.6 Å². The lowest BCUT2D eigenvalue weighted by molar-refractivity contribution is -0.163. The van der Waals surface area contributed by atoms with Crippen LogP contribution in [-0.2, 0) is 9.53 Å². The van der Waals surface area contributed by atoms with Gasteiger partial charge in [0.25, 0.3) is 0 Å². The number of hydrogen-bond donors (Lipinski definition) is 2. The van der Waals surface area contributed by atoms with Crippen molar-refractivity contribution in [3.63, 3.8) is 0 Å². The second-order valence-corrected chi connectivity index (χ2v) is 3.57. The van der Waals surface area contributed by atoms with Crippen LogP contribution < -0.4 is 10.6 Å². The van der Waals surface area contributed by atoms with E-state index < -0.39 is 24.3 Å². The number of methoxy groups -OCH3 is 1. The summed E-state index contributed by atoms with van der Waals surface area (Å²) < 4.78 is 53.6. The fourth-order valence-corrected chi connectivity index (χ4v) is 1.12. The molecule has 0 aliphatic heterocycles. The van der Waals surface area contributed by atoms with Crippen LogP contribution in [0.15, 0.2) is 24.3 Å². The molecule has 0 aliphatic carbocycles. The van der Waals surface area contributed by atoms with Gasteiger partial charge in [0.15, 0.2) is 0 Å². The molecule has 2 amide bonds. The first-order valence-corrected chi connectivity index (χ1v) is 5.20. The van der Waals surface area contributed by atoms with Gasteiger partial charge >= 0.3 is 24.3 Å². The molecule has 0 fully saturated rings. The summed E-state index contributed by atoms with van der Waals surface area (Å²) in [5.41, 5.74) is 0.154.